The number of aromatic nitrogens is 2. The molecule has 8 aromatic rings. The molecule has 3 aromatic heterocycles. The molecule has 0 atom stereocenters. The summed E-state index contributed by atoms with van der Waals surface area (Å²) in [6, 6.07) is 52.6. The van der Waals surface area contributed by atoms with Crippen molar-refractivity contribution in [2.75, 3.05) is 0 Å². The van der Waals surface area contributed by atoms with Crippen molar-refractivity contribution in [2.24, 2.45) is 0 Å². The summed E-state index contributed by atoms with van der Waals surface area (Å²) in [7, 11) is -1.47. The molecule has 0 aliphatic heterocycles. The van der Waals surface area contributed by atoms with Crippen LogP contribution in [0.2, 0.25) is 19.6 Å². The van der Waals surface area contributed by atoms with Crippen molar-refractivity contribution in [3.8, 4) is 33.6 Å². The maximum atomic E-state index is 5.89. The first-order valence-electron chi connectivity index (χ1n) is 16.7. The number of hydrogen-bond donors (Lipinski definition) is 0. The molecule has 3 nitrogen and oxygen atoms in total. The topological polar surface area (TPSA) is 38.9 Å². The molecule has 50 heavy (non-hydrogen) atoms. The second-order valence-corrected chi connectivity index (χ2v) is 18.5. The quantitative estimate of drug-likeness (QED) is 0.124. The number of rotatable bonds is 6. The van der Waals surface area contributed by atoms with Crippen molar-refractivity contribution in [3.05, 3.63) is 175 Å². The van der Waals surface area contributed by atoms with Gasteiger partial charge in [0.2, 0.25) is 0 Å². The van der Waals surface area contributed by atoms with Crippen molar-refractivity contribution in [3.63, 3.8) is 0 Å². The molecule has 0 aliphatic carbocycles. The summed E-state index contributed by atoms with van der Waals surface area (Å²) in [6.45, 7) is 9.19. The molecule has 0 saturated heterocycles. The van der Waals surface area contributed by atoms with E-state index in [4.69, 9.17) is 9.40 Å². The van der Waals surface area contributed by atoms with E-state index in [1.165, 1.54) is 33.0 Å². The first-order valence-corrected chi connectivity index (χ1v) is 20.2. The molecular formula is C45H38IrN2OSi-2. The average Bonchev–Trinajstić information content (AvgIpc) is 3.51. The zero-order valence-electron chi connectivity index (χ0n) is 28.7. The number of benzene rings is 5. The van der Waals surface area contributed by atoms with Crippen LogP contribution in [-0.4, -0.2) is 18.0 Å². The molecule has 0 bridgehead atoms. The summed E-state index contributed by atoms with van der Waals surface area (Å²) in [4.78, 5) is 9.30. The SMILES string of the molecule is Cc1c[c-]c(-c2cc(-c3ccccc3)c([Si](C)(C)C)cn2)cc1.[Ir].[c-]1cc2oc3ccccc3c2cc1-c1cc(Cc2ccccc2)ccn1. The van der Waals surface area contributed by atoms with Crippen LogP contribution in [0, 0.1) is 19.1 Å². The van der Waals surface area contributed by atoms with Crippen molar-refractivity contribution in [2.45, 2.75) is 33.0 Å². The number of furan rings is 1. The van der Waals surface area contributed by atoms with Crippen LogP contribution in [0.5, 0.6) is 0 Å². The van der Waals surface area contributed by atoms with E-state index in [2.05, 4.69) is 147 Å². The Bertz CT molecular complexity index is 2340. The van der Waals surface area contributed by atoms with Crippen LogP contribution in [0.4, 0.5) is 0 Å². The Morgan fingerprint density at radius 3 is 2.06 bits per heavy atom. The minimum absolute atomic E-state index is 0. The predicted molar refractivity (Wildman–Crippen MR) is 207 cm³/mol. The molecular weight excluding hydrogens is 805 g/mol. The molecule has 5 aromatic carbocycles. The van der Waals surface area contributed by atoms with Gasteiger partial charge in [0.15, 0.2) is 0 Å². The first-order chi connectivity index (χ1) is 23.8. The van der Waals surface area contributed by atoms with Gasteiger partial charge < -0.3 is 14.4 Å². The first kappa shape index (κ1) is 34.9. The van der Waals surface area contributed by atoms with Gasteiger partial charge in [0, 0.05) is 37.9 Å². The monoisotopic (exact) mass is 843 g/mol. The van der Waals surface area contributed by atoms with Crippen molar-refractivity contribution in [1.29, 1.82) is 0 Å². The summed E-state index contributed by atoms with van der Waals surface area (Å²) >= 11 is 0. The fraction of sp³-hybridized carbons (Fsp3) is 0.111. The summed E-state index contributed by atoms with van der Waals surface area (Å²) in [6.07, 6.45) is 4.85. The van der Waals surface area contributed by atoms with Gasteiger partial charge >= 0.3 is 0 Å². The second-order valence-electron chi connectivity index (χ2n) is 13.4. The van der Waals surface area contributed by atoms with Gasteiger partial charge in [-0.3, -0.25) is 0 Å². The molecule has 0 fully saturated rings. The molecule has 0 N–H and O–H groups in total. The van der Waals surface area contributed by atoms with Gasteiger partial charge in [-0.15, -0.1) is 59.2 Å². The largest absolute Gasteiger partial charge is 0.500 e. The smallest absolute Gasteiger partial charge is 0.120 e. The van der Waals surface area contributed by atoms with Gasteiger partial charge in [-0.2, -0.15) is 0 Å². The molecule has 3 heterocycles. The van der Waals surface area contributed by atoms with Crippen LogP contribution in [0.1, 0.15) is 16.7 Å². The summed E-state index contributed by atoms with van der Waals surface area (Å²) in [5.74, 6) is 0. The van der Waals surface area contributed by atoms with E-state index in [0.29, 0.717) is 0 Å². The predicted octanol–water partition coefficient (Wildman–Crippen LogP) is 11.1. The van der Waals surface area contributed by atoms with Crippen molar-refractivity contribution in [1.82, 2.24) is 9.97 Å². The summed E-state index contributed by atoms with van der Waals surface area (Å²) in [5, 5.41) is 3.63. The van der Waals surface area contributed by atoms with Crippen LogP contribution in [-0.2, 0) is 26.5 Å². The average molecular weight is 843 g/mol. The second kappa shape index (κ2) is 15.3. The normalized spacial score (nSPS) is 11.1. The molecule has 0 unspecified atom stereocenters. The Morgan fingerprint density at radius 1 is 0.620 bits per heavy atom. The number of nitrogens with zero attached hydrogens (tertiary/aromatic N) is 2. The van der Waals surface area contributed by atoms with Gasteiger partial charge in [-0.25, -0.2) is 0 Å². The molecule has 8 rings (SSSR count). The molecule has 0 spiro atoms. The van der Waals surface area contributed by atoms with Gasteiger partial charge in [0.25, 0.3) is 0 Å². The molecule has 0 aliphatic rings. The van der Waals surface area contributed by atoms with Gasteiger partial charge in [-0.05, 0) is 57.4 Å². The maximum Gasteiger partial charge on any atom is 0.120 e. The Hall–Kier alpha value is -4.93. The van der Waals surface area contributed by atoms with E-state index >= 15 is 0 Å². The van der Waals surface area contributed by atoms with E-state index < -0.39 is 8.07 Å². The van der Waals surface area contributed by atoms with E-state index in [-0.39, 0.29) is 20.1 Å². The van der Waals surface area contributed by atoms with Crippen molar-refractivity contribution < 1.29 is 24.5 Å². The molecule has 1 radical (unpaired) electrons. The number of para-hydroxylation sites is 1. The zero-order chi connectivity index (χ0) is 33.8. The number of pyridine rings is 2. The van der Waals surface area contributed by atoms with Gasteiger partial charge in [0.05, 0.1) is 13.7 Å². The molecule has 0 saturated carbocycles. The third kappa shape index (κ3) is 7.92. The molecule has 249 valence electrons. The van der Waals surface area contributed by atoms with Gasteiger partial charge in [-0.1, -0.05) is 123 Å². The Kier molecular flexibility index (Phi) is 10.7. The Balaban J connectivity index is 0.000000171. The Morgan fingerprint density at radius 2 is 1.32 bits per heavy atom. The van der Waals surface area contributed by atoms with Crippen LogP contribution in [0.3, 0.4) is 0 Å². The Labute approximate surface area is 309 Å². The number of fused-ring (bicyclic) bond motifs is 3. The van der Waals surface area contributed by atoms with E-state index in [1.54, 1.807) is 0 Å². The van der Waals surface area contributed by atoms with Crippen LogP contribution < -0.4 is 5.19 Å². The minimum atomic E-state index is -1.47. The van der Waals surface area contributed by atoms with Gasteiger partial charge in [0.1, 0.15) is 5.58 Å². The maximum absolute atomic E-state index is 5.89. The molecule has 5 heteroatoms. The van der Waals surface area contributed by atoms with Crippen molar-refractivity contribution >= 4 is 35.2 Å². The number of hydrogen-bond acceptors (Lipinski definition) is 3. The number of aryl methyl sites for hydroxylation is 1. The van der Waals surface area contributed by atoms with Crippen LogP contribution >= 0.6 is 0 Å². The van der Waals surface area contributed by atoms with Crippen LogP contribution in [0.15, 0.2) is 150 Å². The third-order valence-electron chi connectivity index (χ3n) is 8.70. The fourth-order valence-corrected chi connectivity index (χ4v) is 7.58. The standard InChI is InChI=1S/C24H16NO.C21H22NSi.Ir/c1-2-6-17(7-3-1)14-18-12-13-25-22(15-18)19-10-11-24-21(16-19)20-8-4-5-9-23(20)26-24;1-16-10-12-18(13-11-16)20-14-19(17-8-6-5-7-9-17)21(15-22-20)23(2,3)4;/h1-9,11-13,15-16H,14H2;5-12,14-15H,1-4H3;/q2*-1;. The van der Waals surface area contributed by atoms with E-state index in [0.717, 1.165) is 50.9 Å². The summed E-state index contributed by atoms with van der Waals surface area (Å²) < 4.78 is 5.89. The van der Waals surface area contributed by atoms with E-state index in [1.807, 2.05) is 42.6 Å². The fourth-order valence-electron chi connectivity index (χ4n) is 6.10. The molecule has 0 amide bonds. The summed E-state index contributed by atoms with van der Waals surface area (Å²) in [5.41, 5.74) is 12.1. The zero-order valence-corrected chi connectivity index (χ0v) is 32.1. The third-order valence-corrected chi connectivity index (χ3v) is 10.7. The van der Waals surface area contributed by atoms with E-state index in [9.17, 15) is 0 Å². The minimum Gasteiger partial charge on any atom is -0.500 e. The van der Waals surface area contributed by atoms with Crippen LogP contribution in [0.25, 0.3) is 55.6 Å².